The number of aryl methyl sites for hydroxylation is 2. The maximum absolute atomic E-state index is 3.59. The lowest BCUT2D eigenvalue weighted by Gasteiger charge is -2.35. The Morgan fingerprint density at radius 3 is 3.07 bits per heavy atom. The zero-order valence-electron chi connectivity index (χ0n) is 9.51. The molecule has 3 rings (SSSR count). The Balaban J connectivity index is 2.12. The molecule has 1 N–H and O–H groups in total. The van der Waals surface area contributed by atoms with Crippen molar-refractivity contribution in [3.05, 3.63) is 23.3 Å². The third-order valence-electron chi connectivity index (χ3n) is 3.66. The van der Waals surface area contributed by atoms with Crippen LogP contribution in [0.2, 0.25) is 0 Å². The Hall–Kier alpha value is -1.18. The molecular weight excluding hydrogens is 184 g/mol. The van der Waals surface area contributed by atoms with Crippen molar-refractivity contribution in [1.29, 1.82) is 0 Å². The van der Waals surface area contributed by atoms with Gasteiger partial charge in [-0.05, 0) is 43.9 Å². The predicted octanol–water partition coefficient (Wildman–Crippen LogP) is 2.70. The second-order valence-electron chi connectivity index (χ2n) is 4.85. The van der Waals surface area contributed by atoms with E-state index in [0.717, 1.165) is 12.6 Å². The monoisotopic (exact) mass is 202 g/mol. The van der Waals surface area contributed by atoms with E-state index in [-0.39, 0.29) is 0 Å². The molecule has 2 heteroatoms. The fourth-order valence-electron chi connectivity index (χ4n) is 2.99. The molecule has 0 bridgehead atoms. The number of fused-ring (bicyclic) bond motifs is 3. The van der Waals surface area contributed by atoms with E-state index < -0.39 is 0 Å². The van der Waals surface area contributed by atoms with E-state index in [1.54, 1.807) is 0 Å². The summed E-state index contributed by atoms with van der Waals surface area (Å²) in [5.74, 6) is 0. The van der Waals surface area contributed by atoms with E-state index in [1.165, 1.54) is 41.9 Å². The summed E-state index contributed by atoms with van der Waals surface area (Å²) in [6.07, 6.45) is 2.69. The van der Waals surface area contributed by atoms with Gasteiger partial charge in [0, 0.05) is 19.1 Å². The van der Waals surface area contributed by atoms with E-state index >= 15 is 0 Å². The molecule has 1 fully saturated rings. The van der Waals surface area contributed by atoms with Gasteiger partial charge < -0.3 is 10.2 Å². The van der Waals surface area contributed by atoms with Gasteiger partial charge in [-0.25, -0.2) is 0 Å². The van der Waals surface area contributed by atoms with Gasteiger partial charge in [0.05, 0.1) is 11.4 Å². The molecule has 0 spiro atoms. The number of nitrogens with zero attached hydrogens (tertiary/aromatic N) is 1. The molecule has 2 nitrogen and oxygen atoms in total. The minimum atomic E-state index is 0.735. The molecule has 0 aromatic heterocycles. The van der Waals surface area contributed by atoms with Crippen molar-refractivity contribution in [2.75, 3.05) is 23.3 Å². The van der Waals surface area contributed by atoms with Crippen molar-refractivity contribution < 1.29 is 0 Å². The van der Waals surface area contributed by atoms with Crippen LogP contribution in [0.3, 0.4) is 0 Å². The van der Waals surface area contributed by atoms with Crippen molar-refractivity contribution in [2.45, 2.75) is 32.7 Å². The highest BCUT2D eigenvalue weighted by molar-refractivity contribution is 5.77. The van der Waals surface area contributed by atoms with Crippen LogP contribution in [0.15, 0.2) is 12.1 Å². The first-order chi connectivity index (χ1) is 7.25. The van der Waals surface area contributed by atoms with Gasteiger partial charge in [-0.15, -0.1) is 0 Å². The van der Waals surface area contributed by atoms with Crippen LogP contribution in [-0.2, 0) is 0 Å². The maximum atomic E-state index is 3.59. The molecule has 15 heavy (non-hydrogen) atoms. The molecule has 0 amide bonds. The first kappa shape index (κ1) is 9.08. The summed E-state index contributed by atoms with van der Waals surface area (Å²) in [6.45, 7) is 6.75. The molecule has 1 aromatic carbocycles. The van der Waals surface area contributed by atoms with Crippen molar-refractivity contribution in [1.82, 2.24) is 0 Å². The van der Waals surface area contributed by atoms with E-state index in [4.69, 9.17) is 0 Å². The molecule has 80 valence electrons. The van der Waals surface area contributed by atoms with Crippen LogP contribution in [0, 0.1) is 13.8 Å². The van der Waals surface area contributed by atoms with Crippen LogP contribution in [0.4, 0.5) is 11.4 Å². The number of benzene rings is 1. The molecule has 1 saturated heterocycles. The first-order valence-corrected chi connectivity index (χ1v) is 5.87. The third-order valence-corrected chi connectivity index (χ3v) is 3.66. The van der Waals surface area contributed by atoms with Crippen LogP contribution in [0.1, 0.15) is 24.0 Å². The summed E-state index contributed by atoms with van der Waals surface area (Å²) in [7, 11) is 0. The van der Waals surface area contributed by atoms with Crippen molar-refractivity contribution in [2.24, 2.45) is 0 Å². The molecule has 0 radical (unpaired) electrons. The molecule has 1 atom stereocenters. The lowest BCUT2D eigenvalue weighted by Crippen LogP contribution is -2.39. The molecule has 2 aliphatic rings. The van der Waals surface area contributed by atoms with Crippen LogP contribution in [-0.4, -0.2) is 19.1 Å². The zero-order chi connectivity index (χ0) is 10.4. The highest BCUT2D eigenvalue weighted by atomic mass is 15.2. The average Bonchev–Trinajstić information content (AvgIpc) is 2.65. The van der Waals surface area contributed by atoms with Crippen LogP contribution >= 0.6 is 0 Å². The number of anilines is 2. The molecule has 1 unspecified atom stereocenters. The quantitative estimate of drug-likeness (QED) is 0.696. The van der Waals surface area contributed by atoms with E-state index in [2.05, 4.69) is 36.2 Å². The van der Waals surface area contributed by atoms with Gasteiger partial charge in [-0.2, -0.15) is 0 Å². The lowest BCUT2D eigenvalue weighted by atomic mass is 10.0. The highest BCUT2D eigenvalue weighted by Crippen LogP contribution is 2.38. The number of hydrogen-bond acceptors (Lipinski definition) is 2. The van der Waals surface area contributed by atoms with Crippen LogP contribution < -0.4 is 10.2 Å². The second kappa shape index (κ2) is 3.16. The van der Waals surface area contributed by atoms with Gasteiger partial charge in [0.1, 0.15) is 0 Å². The smallest absolute Gasteiger partial charge is 0.0610 e. The number of rotatable bonds is 0. The van der Waals surface area contributed by atoms with Crippen molar-refractivity contribution in [3.8, 4) is 0 Å². The lowest BCUT2D eigenvalue weighted by molar-refractivity contribution is 0.682. The minimum absolute atomic E-state index is 0.735. The molecule has 0 saturated carbocycles. The summed E-state index contributed by atoms with van der Waals surface area (Å²) >= 11 is 0. The first-order valence-electron chi connectivity index (χ1n) is 5.87. The standard InChI is InChI=1S/C13H18N2/c1-9-6-10(2)13-12(7-9)15-5-3-4-11(15)8-14-13/h6-7,11,14H,3-5,8H2,1-2H3. The third kappa shape index (κ3) is 1.31. The SMILES string of the molecule is Cc1cc(C)c2c(c1)N1CCCC1CN2. The van der Waals surface area contributed by atoms with Gasteiger partial charge in [0.15, 0.2) is 0 Å². The van der Waals surface area contributed by atoms with Gasteiger partial charge in [0.2, 0.25) is 0 Å². The van der Waals surface area contributed by atoms with Crippen molar-refractivity contribution in [3.63, 3.8) is 0 Å². The fraction of sp³-hybridized carbons (Fsp3) is 0.538. The van der Waals surface area contributed by atoms with Crippen LogP contribution in [0.5, 0.6) is 0 Å². The molecular formula is C13H18N2. The fourth-order valence-corrected chi connectivity index (χ4v) is 2.99. The predicted molar refractivity (Wildman–Crippen MR) is 64.8 cm³/mol. The molecule has 1 aromatic rings. The van der Waals surface area contributed by atoms with Crippen LogP contribution in [0.25, 0.3) is 0 Å². The highest BCUT2D eigenvalue weighted by Gasteiger charge is 2.30. The maximum Gasteiger partial charge on any atom is 0.0610 e. The van der Waals surface area contributed by atoms with E-state index in [0.29, 0.717) is 0 Å². The number of hydrogen-bond donors (Lipinski definition) is 1. The van der Waals surface area contributed by atoms with Gasteiger partial charge >= 0.3 is 0 Å². The Morgan fingerprint density at radius 1 is 1.33 bits per heavy atom. The summed E-state index contributed by atoms with van der Waals surface area (Å²) < 4.78 is 0. The summed E-state index contributed by atoms with van der Waals surface area (Å²) in [5.41, 5.74) is 5.55. The average molecular weight is 202 g/mol. The summed E-state index contributed by atoms with van der Waals surface area (Å²) in [6, 6.07) is 5.33. The van der Waals surface area contributed by atoms with Gasteiger partial charge in [-0.3, -0.25) is 0 Å². The Labute approximate surface area is 91.3 Å². The Bertz CT molecular complexity index is 398. The summed E-state index contributed by atoms with van der Waals surface area (Å²) in [5, 5.41) is 3.59. The van der Waals surface area contributed by atoms with Gasteiger partial charge in [0.25, 0.3) is 0 Å². The number of nitrogens with one attached hydrogen (secondary N) is 1. The minimum Gasteiger partial charge on any atom is -0.381 e. The topological polar surface area (TPSA) is 15.3 Å². The Kier molecular flexibility index (Phi) is 1.91. The second-order valence-corrected chi connectivity index (χ2v) is 4.85. The molecule has 2 aliphatic heterocycles. The van der Waals surface area contributed by atoms with Gasteiger partial charge in [-0.1, -0.05) is 6.07 Å². The Morgan fingerprint density at radius 2 is 2.20 bits per heavy atom. The van der Waals surface area contributed by atoms with E-state index in [1.807, 2.05) is 0 Å². The normalized spacial score (nSPS) is 23.3. The largest absolute Gasteiger partial charge is 0.381 e. The summed E-state index contributed by atoms with van der Waals surface area (Å²) in [4.78, 5) is 2.59. The molecule has 2 heterocycles. The zero-order valence-corrected chi connectivity index (χ0v) is 9.51. The van der Waals surface area contributed by atoms with E-state index in [9.17, 15) is 0 Å². The van der Waals surface area contributed by atoms with Crippen molar-refractivity contribution >= 4 is 11.4 Å². The molecule has 0 aliphatic carbocycles.